The number of nitrogens with one attached hydrogen (secondary N) is 1. The third kappa shape index (κ3) is 6.06. The number of aliphatic hydroxyl groups is 1. The van der Waals surface area contributed by atoms with Crippen LogP contribution in [0.2, 0.25) is 0 Å². The molecule has 3 N–H and O–H groups in total. The highest BCUT2D eigenvalue weighted by molar-refractivity contribution is 7.47. The van der Waals surface area contributed by atoms with Crippen molar-refractivity contribution >= 4 is 7.82 Å². The number of aliphatic hydroxyl groups excluding tert-OH is 1. The highest BCUT2D eigenvalue weighted by Gasteiger charge is 2.41. The summed E-state index contributed by atoms with van der Waals surface area (Å²) in [5.41, 5.74) is -0.375. The molecule has 0 saturated carbocycles. The third-order valence-electron chi connectivity index (χ3n) is 2.83. The van der Waals surface area contributed by atoms with E-state index in [-0.39, 0.29) is 22.9 Å². The minimum atomic E-state index is -4.18. The maximum absolute atomic E-state index is 11.7. The van der Waals surface area contributed by atoms with Gasteiger partial charge in [0.05, 0.1) is 6.10 Å². The molecule has 0 aromatic heterocycles. The second-order valence-electron chi connectivity index (χ2n) is 6.34. The van der Waals surface area contributed by atoms with Crippen LogP contribution in [0.5, 0.6) is 0 Å². The van der Waals surface area contributed by atoms with Crippen molar-refractivity contribution in [1.29, 1.82) is 0 Å². The Morgan fingerprint density at radius 3 is 2.26 bits per heavy atom. The van der Waals surface area contributed by atoms with Gasteiger partial charge in [0.1, 0.15) is 12.4 Å². The van der Waals surface area contributed by atoms with Gasteiger partial charge in [-0.05, 0) is 40.5 Å². The Morgan fingerprint density at radius 2 is 1.84 bits per heavy atom. The van der Waals surface area contributed by atoms with Gasteiger partial charge in [-0.1, -0.05) is 6.58 Å². The summed E-state index contributed by atoms with van der Waals surface area (Å²) in [6, 6.07) is 0. The zero-order valence-corrected chi connectivity index (χ0v) is 12.9. The van der Waals surface area contributed by atoms with Gasteiger partial charge in [-0.25, -0.2) is 4.57 Å². The molecule has 1 aliphatic rings. The number of hydrogen-bond donors (Lipinski definition) is 3. The molecule has 0 aromatic carbocycles. The summed E-state index contributed by atoms with van der Waals surface area (Å²) in [5, 5.41) is 12.3. The first kappa shape index (κ1) is 16.7. The summed E-state index contributed by atoms with van der Waals surface area (Å²) in [6.07, 6.45) is 0.823. The summed E-state index contributed by atoms with van der Waals surface area (Å²) in [4.78, 5) is 9.59. The van der Waals surface area contributed by atoms with Gasteiger partial charge in [-0.15, -0.1) is 0 Å². The van der Waals surface area contributed by atoms with Crippen LogP contribution >= 0.6 is 7.82 Å². The van der Waals surface area contributed by atoms with Gasteiger partial charge in [0.15, 0.2) is 0 Å². The predicted molar refractivity (Wildman–Crippen MR) is 72.9 cm³/mol. The van der Waals surface area contributed by atoms with Gasteiger partial charge >= 0.3 is 7.82 Å². The highest BCUT2D eigenvalue weighted by atomic mass is 31.2. The molecular weight excluding hydrogens is 269 g/mol. The standard InChI is InChI=1S/C12H24NO5P/c1-9(14)8-17-19(15,16)18-10-6-11(2,3)13-12(4,5)7-10/h10,13-14H,1,6-8H2,2-5H3,(H,15,16). The fraction of sp³-hybridized carbons (Fsp3) is 0.833. The van der Waals surface area contributed by atoms with Crippen molar-refractivity contribution in [3.05, 3.63) is 12.3 Å². The Labute approximate surface area is 114 Å². The monoisotopic (exact) mass is 293 g/mol. The second-order valence-corrected chi connectivity index (χ2v) is 7.74. The molecule has 0 spiro atoms. The number of phosphoric ester groups is 1. The van der Waals surface area contributed by atoms with Crippen LogP contribution in [-0.2, 0) is 13.6 Å². The molecule has 1 fully saturated rings. The van der Waals surface area contributed by atoms with Gasteiger partial charge in [0, 0.05) is 11.1 Å². The first-order valence-electron chi connectivity index (χ1n) is 6.23. The molecule has 1 aliphatic heterocycles. The highest BCUT2D eigenvalue weighted by Crippen LogP contribution is 2.48. The molecular formula is C12H24NO5P. The van der Waals surface area contributed by atoms with E-state index in [1.165, 1.54) is 0 Å². The summed E-state index contributed by atoms with van der Waals surface area (Å²) in [5.74, 6) is -0.316. The van der Waals surface area contributed by atoms with E-state index in [1.54, 1.807) is 0 Å². The Hall–Kier alpha value is -0.390. The lowest BCUT2D eigenvalue weighted by molar-refractivity contribution is 0.0265. The molecule has 19 heavy (non-hydrogen) atoms. The van der Waals surface area contributed by atoms with Crippen molar-refractivity contribution in [2.24, 2.45) is 0 Å². The van der Waals surface area contributed by atoms with Crippen LogP contribution in [0.3, 0.4) is 0 Å². The van der Waals surface area contributed by atoms with Gasteiger partial charge in [-0.3, -0.25) is 9.05 Å². The van der Waals surface area contributed by atoms with Crippen LogP contribution in [0.15, 0.2) is 12.3 Å². The first-order valence-corrected chi connectivity index (χ1v) is 7.72. The third-order valence-corrected chi connectivity index (χ3v) is 3.85. The van der Waals surface area contributed by atoms with Crippen molar-refractivity contribution < 1.29 is 23.6 Å². The molecule has 0 amide bonds. The number of hydrogen-bond acceptors (Lipinski definition) is 5. The van der Waals surface area contributed by atoms with E-state index in [9.17, 15) is 9.46 Å². The second kappa shape index (κ2) is 5.54. The lowest BCUT2D eigenvalue weighted by Gasteiger charge is -2.46. The Balaban J connectivity index is 2.65. The fourth-order valence-corrected chi connectivity index (χ4v) is 3.58. The van der Waals surface area contributed by atoms with E-state index >= 15 is 0 Å². The number of rotatable bonds is 5. The van der Waals surface area contributed by atoms with Crippen molar-refractivity contribution in [3.8, 4) is 0 Å². The lowest BCUT2D eigenvalue weighted by atomic mass is 9.81. The Bertz CT molecular complexity index is 378. The van der Waals surface area contributed by atoms with Crippen LogP contribution in [-0.4, -0.2) is 33.8 Å². The average molecular weight is 293 g/mol. The van der Waals surface area contributed by atoms with Crippen LogP contribution in [0.25, 0.3) is 0 Å². The van der Waals surface area contributed by atoms with Crippen LogP contribution in [0, 0.1) is 0 Å². The smallest absolute Gasteiger partial charge is 0.472 e. The molecule has 0 radical (unpaired) electrons. The Kier molecular flexibility index (Phi) is 4.86. The van der Waals surface area contributed by atoms with Crippen molar-refractivity contribution in [2.75, 3.05) is 6.61 Å². The molecule has 0 bridgehead atoms. The predicted octanol–water partition coefficient (Wildman–Crippen LogP) is 2.50. The first-order chi connectivity index (χ1) is 8.41. The zero-order chi connectivity index (χ0) is 14.9. The van der Waals surface area contributed by atoms with Crippen molar-refractivity contribution in [1.82, 2.24) is 5.32 Å². The number of phosphoric acid groups is 1. The van der Waals surface area contributed by atoms with Gasteiger partial charge in [0.25, 0.3) is 0 Å². The summed E-state index contributed by atoms with van der Waals surface area (Å²) < 4.78 is 21.6. The molecule has 0 aliphatic carbocycles. The fourth-order valence-electron chi connectivity index (χ4n) is 2.68. The summed E-state index contributed by atoms with van der Waals surface area (Å²) in [7, 11) is -4.18. The molecule has 112 valence electrons. The van der Waals surface area contributed by atoms with Crippen LogP contribution < -0.4 is 5.32 Å². The number of piperidine rings is 1. The Morgan fingerprint density at radius 1 is 1.37 bits per heavy atom. The molecule has 0 aromatic rings. The quantitative estimate of drug-likeness (QED) is 0.533. The minimum absolute atomic E-state index is 0.188. The maximum atomic E-state index is 11.7. The largest absolute Gasteiger partial charge is 0.510 e. The van der Waals surface area contributed by atoms with Crippen LogP contribution in [0.1, 0.15) is 40.5 Å². The van der Waals surface area contributed by atoms with E-state index in [0.717, 1.165) is 0 Å². The summed E-state index contributed by atoms with van der Waals surface area (Å²) in [6.45, 7) is 10.8. The molecule has 6 nitrogen and oxygen atoms in total. The molecule has 1 rings (SSSR count). The van der Waals surface area contributed by atoms with Gasteiger partial charge < -0.3 is 15.3 Å². The van der Waals surface area contributed by atoms with E-state index in [4.69, 9.17) is 9.63 Å². The maximum Gasteiger partial charge on any atom is 0.472 e. The minimum Gasteiger partial charge on any atom is -0.510 e. The van der Waals surface area contributed by atoms with Gasteiger partial charge in [-0.2, -0.15) is 0 Å². The van der Waals surface area contributed by atoms with E-state index in [0.29, 0.717) is 12.8 Å². The molecule has 1 atom stereocenters. The normalized spacial score (nSPS) is 25.7. The zero-order valence-electron chi connectivity index (χ0n) is 12.0. The molecule has 1 unspecified atom stereocenters. The van der Waals surface area contributed by atoms with Crippen molar-refractivity contribution in [3.63, 3.8) is 0 Å². The van der Waals surface area contributed by atoms with E-state index < -0.39 is 14.4 Å². The molecule has 1 saturated heterocycles. The lowest BCUT2D eigenvalue weighted by Crippen LogP contribution is -2.59. The van der Waals surface area contributed by atoms with Gasteiger partial charge in [0.2, 0.25) is 0 Å². The molecule has 7 heteroatoms. The summed E-state index contributed by atoms with van der Waals surface area (Å²) >= 11 is 0. The topological polar surface area (TPSA) is 88.0 Å². The van der Waals surface area contributed by atoms with E-state index in [1.807, 2.05) is 27.7 Å². The average Bonchev–Trinajstić information content (AvgIpc) is 2.08. The van der Waals surface area contributed by atoms with Crippen molar-refractivity contribution in [2.45, 2.75) is 57.7 Å². The SMILES string of the molecule is C=C(O)COP(=O)(O)OC1CC(C)(C)NC(C)(C)C1. The van der Waals surface area contributed by atoms with E-state index in [2.05, 4.69) is 16.4 Å². The van der Waals surface area contributed by atoms with Crippen LogP contribution in [0.4, 0.5) is 0 Å². The molecule has 1 heterocycles.